The van der Waals surface area contributed by atoms with Crippen LogP contribution >= 0.6 is 11.3 Å². The molecule has 0 aromatic carbocycles. The monoisotopic (exact) mass is 248 g/mol. The summed E-state index contributed by atoms with van der Waals surface area (Å²) in [5.74, 6) is 0. The van der Waals surface area contributed by atoms with Crippen molar-refractivity contribution < 1.29 is 0 Å². The molecule has 2 aromatic heterocycles. The van der Waals surface area contributed by atoms with Crippen molar-refractivity contribution in [3.05, 3.63) is 40.6 Å². The number of thiazole rings is 1. The molecule has 2 rings (SSSR count). The Kier molecular flexibility index (Phi) is 3.40. The molecule has 0 aliphatic heterocycles. The first-order valence-electron chi connectivity index (χ1n) is 5.43. The van der Waals surface area contributed by atoms with E-state index < -0.39 is 0 Å². The molecule has 4 nitrogen and oxygen atoms in total. The summed E-state index contributed by atoms with van der Waals surface area (Å²) < 4.78 is 0. The Morgan fingerprint density at radius 2 is 2.18 bits per heavy atom. The number of pyridine rings is 1. The quantitative estimate of drug-likeness (QED) is 0.870. The predicted molar refractivity (Wildman–Crippen MR) is 70.6 cm³/mol. The van der Waals surface area contributed by atoms with E-state index in [1.54, 1.807) is 17.5 Å². The topological polar surface area (TPSA) is 63.8 Å². The van der Waals surface area contributed by atoms with Gasteiger partial charge in [-0.25, -0.2) is 4.98 Å². The molecule has 3 N–H and O–H groups in total. The third-order valence-corrected chi connectivity index (χ3v) is 3.62. The minimum absolute atomic E-state index is 0.142. The van der Waals surface area contributed by atoms with Crippen LogP contribution < -0.4 is 11.1 Å². The van der Waals surface area contributed by atoms with Gasteiger partial charge in [0.2, 0.25) is 0 Å². The van der Waals surface area contributed by atoms with Gasteiger partial charge in [-0.15, -0.1) is 11.3 Å². The molecule has 90 valence electrons. The van der Waals surface area contributed by atoms with Gasteiger partial charge in [-0.2, -0.15) is 0 Å². The summed E-state index contributed by atoms with van der Waals surface area (Å²) in [7, 11) is 0. The lowest BCUT2D eigenvalue weighted by atomic mass is 10.1. The van der Waals surface area contributed by atoms with Crippen molar-refractivity contribution in [1.82, 2.24) is 15.3 Å². The van der Waals surface area contributed by atoms with E-state index in [9.17, 15) is 0 Å². The molecule has 0 saturated heterocycles. The largest absolute Gasteiger partial charge is 0.397 e. The van der Waals surface area contributed by atoms with Gasteiger partial charge in [-0.3, -0.25) is 4.98 Å². The first-order valence-corrected chi connectivity index (χ1v) is 6.31. The highest BCUT2D eigenvalue weighted by Gasteiger charge is 2.22. The van der Waals surface area contributed by atoms with Crippen LogP contribution in [-0.2, 0) is 12.1 Å². The number of nitrogen functional groups attached to an aromatic ring is 1. The fraction of sp³-hybridized carbons (Fsp3) is 0.333. The van der Waals surface area contributed by atoms with Crippen LogP contribution in [0.3, 0.4) is 0 Å². The van der Waals surface area contributed by atoms with E-state index in [1.807, 2.05) is 23.7 Å². The van der Waals surface area contributed by atoms with E-state index in [2.05, 4.69) is 29.1 Å². The standard InChI is InChI=1S/C12H16N4S/c1-12(2,11-14-5-6-17-11)16-8-10-4-3-9(13)7-15-10/h3-7,16H,8,13H2,1-2H3. The number of nitrogens with one attached hydrogen (secondary N) is 1. The molecule has 0 radical (unpaired) electrons. The van der Waals surface area contributed by atoms with Gasteiger partial charge in [0.15, 0.2) is 0 Å². The first kappa shape index (κ1) is 12.0. The number of rotatable bonds is 4. The van der Waals surface area contributed by atoms with Gasteiger partial charge in [0, 0.05) is 18.1 Å². The molecule has 0 amide bonds. The number of hydrogen-bond donors (Lipinski definition) is 2. The van der Waals surface area contributed by atoms with Crippen molar-refractivity contribution in [2.45, 2.75) is 25.9 Å². The van der Waals surface area contributed by atoms with Crippen molar-refractivity contribution in [3.8, 4) is 0 Å². The van der Waals surface area contributed by atoms with Gasteiger partial charge in [-0.05, 0) is 26.0 Å². The van der Waals surface area contributed by atoms with Crippen LogP contribution in [0.2, 0.25) is 0 Å². The number of nitrogens with two attached hydrogens (primary N) is 1. The van der Waals surface area contributed by atoms with E-state index in [0.29, 0.717) is 12.2 Å². The molecule has 0 spiro atoms. The fourth-order valence-electron chi connectivity index (χ4n) is 1.46. The lowest BCUT2D eigenvalue weighted by Gasteiger charge is -2.23. The summed E-state index contributed by atoms with van der Waals surface area (Å²) in [5.41, 5.74) is 7.12. The minimum atomic E-state index is -0.142. The molecular weight excluding hydrogens is 232 g/mol. The van der Waals surface area contributed by atoms with Crippen LogP contribution in [0.25, 0.3) is 0 Å². The lowest BCUT2D eigenvalue weighted by Crippen LogP contribution is -2.36. The Morgan fingerprint density at radius 1 is 1.35 bits per heavy atom. The van der Waals surface area contributed by atoms with Crippen LogP contribution in [0.1, 0.15) is 24.5 Å². The molecule has 0 fully saturated rings. The SMILES string of the molecule is CC(C)(NCc1ccc(N)cn1)c1nccs1. The highest BCUT2D eigenvalue weighted by molar-refractivity contribution is 7.09. The maximum absolute atomic E-state index is 5.59. The number of aromatic nitrogens is 2. The molecule has 17 heavy (non-hydrogen) atoms. The molecule has 0 aliphatic rings. The molecule has 0 atom stereocenters. The molecule has 5 heteroatoms. The van der Waals surface area contributed by atoms with E-state index in [0.717, 1.165) is 10.7 Å². The average Bonchev–Trinajstić information content (AvgIpc) is 2.82. The second-order valence-corrected chi connectivity index (χ2v) is 5.29. The van der Waals surface area contributed by atoms with Crippen molar-refractivity contribution in [2.24, 2.45) is 0 Å². The molecule has 0 saturated carbocycles. The van der Waals surface area contributed by atoms with Crippen LogP contribution in [0.5, 0.6) is 0 Å². The number of nitrogens with zero attached hydrogens (tertiary/aromatic N) is 2. The van der Waals surface area contributed by atoms with Crippen LogP contribution in [0.4, 0.5) is 5.69 Å². The van der Waals surface area contributed by atoms with Gasteiger partial charge in [-0.1, -0.05) is 0 Å². The van der Waals surface area contributed by atoms with Gasteiger partial charge in [0.25, 0.3) is 0 Å². The summed E-state index contributed by atoms with van der Waals surface area (Å²) in [6.45, 7) is 4.93. The summed E-state index contributed by atoms with van der Waals surface area (Å²) >= 11 is 1.65. The van der Waals surface area contributed by atoms with E-state index in [-0.39, 0.29) is 5.54 Å². The highest BCUT2D eigenvalue weighted by atomic mass is 32.1. The molecule has 0 unspecified atom stereocenters. The van der Waals surface area contributed by atoms with Gasteiger partial charge in [0.1, 0.15) is 5.01 Å². The number of hydrogen-bond acceptors (Lipinski definition) is 5. The van der Waals surface area contributed by atoms with Crippen molar-refractivity contribution >= 4 is 17.0 Å². The lowest BCUT2D eigenvalue weighted by molar-refractivity contribution is 0.397. The van der Waals surface area contributed by atoms with Gasteiger partial charge >= 0.3 is 0 Å². The van der Waals surface area contributed by atoms with Gasteiger partial charge in [0.05, 0.1) is 23.1 Å². The van der Waals surface area contributed by atoms with Crippen LogP contribution in [-0.4, -0.2) is 9.97 Å². The second-order valence-electron chi connectivity index (χ2n) is 4.40. The maximum Gasteiger partial charge on any atom is 0.112 e. The van der Waals surface area contributed by atoms with E-state index in [1.165, 1.54) is 0 Å². The maximum atomic E-state index is 5.59. The molecular formula is C12H16N4S. The summed E-state index contributed by atoms with van der Waals surface area (Å²) in [5, 5.41) is 6.50. The van der Waals surface area contributed by atoms with Gasteiger partial charge < -0.3 is 11.1 Å². The van der Waals surface area contributed by atoms with E-state index in [4.69, 9.17) is 5.73 Å². The first-order chi connectivity index (χ1) is 8.08. The fourth-order valence-corrected chi connectivity index (χ4v) is 2.20. The summed E-state index contributed by atoms with van der Waals surface area (Å²) in [4.78, 5) is 8.59. The third-order valence-electron chi connectivity index (χ3n) is 2.53. The van der Waals surface area contributed by atoms with Crippen molar-refractivity contribution in [1.29, 1.82) is 0 Å². The Balaban J connectivity index is 2.00. The molecule has 0 aliphatic carbocycles. The minimum Gasteiger partial charge on any atom is -0.397 e. The molecule has 2 heterocycles. The summed E-state index contributed by atoms with van der Waals surface area (Å²) in [6, 6.07) is 3.79. The Labute approximate surface area is 105 Å². The number of anilines is 1. The smallest absolute Gasteiger partial charge is 0.112 e. The second kappa shape index (κ2) is 4.81. The average molecular weight is 248 g/mol. The zero-order valence-electron chi connectivity index (χ0n) is 9.97. The Morgan fingerprint density at radius 3 is 2.76 bits per heavy atom. The summed E-state index contributed by atoms with van der Waals surface area (Å²) in [6.07, 6.45) is 3.50. The molecule has 2 aromatic rings. The van der Waals surface area contributed by atoms with Crippen LogP contribution in [0, 0.1) is 0 Å². The Bertz CT molecular complexity index is 462. The predicted octanol–water partition coefficient (Wildman–Crippen LogP) is 2.15. The van der Waals surface area contributed by atoms with Crippen LogP contribution in [0.15, 0.2) is 29.9 Å². The van der Waals surface area contributed by atoms with Crippen molar-refractivity contribution in [2.75, 3.05) is 5.73 Å². The highest BCUT2D eigenvalue weighted by Crippen LogP contribution is 2.22. The molecule has 0 bridgehead atoms. The third kappa shape index (κ3) is 3.01. The van der Waals surface area contributed by atoms with E-state index >= 15 is 0 Å². The van der Waals surface area contributed by atoms with Crippen molar-refractivity contribution in [3.63, 3.8) is 0 Å². The Hall–Kier alpha value is -1.46. The zero-order valence-corrected chi connectivity index (χ0v) is 10.8. The normalized spacial score (nSPS) is 11.6. The zero-order chi connectivity index (χ0) is 12.3.